The minimum atomic E-state index is -0.314. The molecule has 1 unspecified atom stereocenters. The van der Waals surface area contributed by atoms with Crippen LogP contribution in [0.4, 0.5) is 0 Å². The lowest BCUT2D eigenvalue weighted by atomic mass is 9.70. The first kappa shape index (κ1) is 12.6. The summed E-state index contributed by atoms with van der Waals surface area (Å²) in [5, 5.41) is 0. The molecule has 2 aliphatic heterocycles. The summed E-state index contributed by atoms with van der Waals surface area (Å²) in [6.07, 6.45) is 3.49. The van der Waals surface area contributed by atoms with Crippen LogP contribution in [-0.2, 0) is 14.1 Å². The minimum Gasteiger partial charge on any atom is -0.403 e. The fourth-order valence-electron chi connectivity index (χ4n) is 2.04. The molecule has 0 saturated carbocycles. The average Bonchev–Trinajstić information content (AvgIpc) is 2.41. The molecule has 0 aliphatic carbocycles. The summed E-state index contributed by atoms with van der Waals surface area (Å²) in [5.74, 6) is 0.150. The van der Waals surface area contributed by atoms with E-state index in [2.05, 4.69) is 0 Å². The van der Waals surface area contributed by atoms with Crippen LogP contribution in [0.15, 0.2) is 12.2 Å². The van der Waals surface area contributed by atoms with Gasteiger partial charge in [0.15, 0.2) is 0 Å². The van der Waals surface area contributed by atoms with Gasteiger partial charge in [-0.3, -0.25) is 4.79 Å². The average molecular weight is 237 g/mol. The summed E-state index contributed by atoms with van der Waals surface area (Å²) in [4.78, 5) is 13.1. The first-order valence-corrected chi connectivity index (χ1v) is 6.02. The topological polar surface area (TPSA) is 38.8 Å². The summed E-state index contributed by atoms with van der Waals surface area (Å²) in [7, 11) is 1.52. The normalized spacial score (nSPS) is 31.1. The van der Waals surface area contributed by atoms with Gasteiger partial charge in [0, 0.05) is 19.4 Å². The molecule has 2 aliphatic rings. The Morgan fingerprint density at radius 1 is 1.29 bits per heavy atom. The van der Waals surface area contributed by atoms with Crippen LogP contribution >= 0.6 is 0 Å². The number of hydrogen-bond acceptors (Lipinski definition) is 3. The molecular weight excluding hydrogens is 217 g/mol. The molecule has 1 fully saturated rings. The molecule has 2 heterocycles. The molecule has 1 amide bonds. The SMILES string of the molecule is CN1CC(B2OC(C)(C)C(C)(C)O2)C=CC1=O. The van der Waals surface area contributed by atoms with Crippen LogP contribution in [0.5, 0.6) is 0 Å². The van der Waals surface area contributed by atoms with Crippen molar-refractivity contribution in [2.24, 2.45) is 0 Å². The Labute approximate surface area is 103 Å². The lowest BCUT2D eigenvalue weighted by molar-refractivity contribution is -0.125. The highest BCUT2D eigenvalue weighted by Crippen LogP contribution is 2.40. The summed E-state index contributed by atoms with van der Waals surface area (Å²) in [6, 6.07) is 0. The Hall–Kier alpha value is -0.805. The smallest absolute Gasteiger partial charge is 0.403 e. The Balaban J connectivity index is 2.12. The zero-order chi connectivity index (χ0) is 12.8. The summed E-state index contributed by atoms with van der Waals surface area (Å²) >= 11 is 0. The van der Waals surface area contributed by atoms with E-state index >= 15 is 0 Å². The Morgan fingerprint density at radius 3 is 2.29 bits per heavy atom. The number of hydrogen-bond donors (Lipinski definition) is 0. The van der Waals surface area contributed by atoms with Gasteiger partial charge in [-0.1, -0.05) is 6.08 Å². The lowest BCUT2D eigenvalue weighted by Crippen LogP contribution is -2.41. The second-order valence-electron chi connectivity index (χ2n) is 5.87. The van der Waals surface area contributed by atoms with E-state index < -0.39 is 0 Å². The van der Waals surface area contributed by atoms with Crippen molar-refractivity contribution in [3.05, 3.63) is 12.2 Å². The Morgan fingerprint density at radius 2 is 1.82 bits per heavy atom. The van der Waals surface area contributed by atoms with Crippen molar-refractivity contribution >= 4 is 13.0 Å². The van der Waals surface area contributed by atoms with Crippen LogP contribution < -0.4 is 0 Å². The molecule has 0 bridgehead atoms. The summed E-state index contributed by atoms with van der Waals surface area (Å²) in [6.45, 7) is 8.79. The highest BCUT2D eigenvalue weighted by atomic mass is 16.7. The minimum absolute atomic E-state index is 0.0396. The van der Waals surface area contributed by atoms with E-state index in [-0.39, 0.29) is 30.0 Å². The highest BCUT2D eigenvalue weighted by Gasteiger charge is 2.53. The quantitative estimate of drug-likeness (QED) is 0.648. The fourth-order valence-corrected chi connectivity index (χ4v) is 2.04. The van der Waals surface area contributed by atoms with Crippen LogP contribution in [0.3, 0.4) is 0 Å². The van der Waals surface area contributed by atoms with Gasteiger partial charge >= 0.3 is 7.12 Å². The molecule has 0 N–H and O–H groups in total. The van der Waals surface area contributed by atoms with Gasteiger partial charge in [-0.05, 0) is 33.8 Å². The molecular formula is C12H20BNO3. The summed E-state index contributed by atoms with van der Waals surface area (Å²) < 4.78 is 12.0. The number of carbonyl (C=O) groups excluding carboxylic acids is 1. The number of nitrogens with zero attached hydrogens (tertiary/aromatic N) is 1. The molecule has 5 heteroatoms. The van der Waals surface area contributed by atoms with Gasteiger partial charge < -0.3 is 14.2 Å². The number of amides is 1. The number of likely N-dealkylation sites (N-methyl/N-ethyl adjacent to an activating group) is 1. The first-order valence-electron chi connectivity index (χ1n) is 6.02. The highest BCUT2D eigenvalue weighted by molar-refractivity contribution is 6.48. The molecule has 1 saturated heterocycles. The lowest BCUT2D eigenvalue weighted by Gasteiger charge is -2.32. The fraction of sp³-hybridized carbons (Fsp3) is 0.750. The van der Waals surface area contributed by atoms with Crippen molar-refractivity contribution in [2.75, 3.05) is 13.6 Å². The summed E-state index contributed by atoms with van der Waals surface area (Å²) in [5.41, 5.74) is -0.628. The van der Waals surface area contributed by atoms with Crippen molar-refractivity contribution in [1.29, 1.82) is 0 Å². The maximum absolute atomic E-state index is 11.4. The van der Waals surface area contributed by atoms with Crippen LogP contribution in [0.2, 0.25) is 5.82 Å². The molecule has 0 aromatic carbocycles. The van der Waals surface area contributed by atoms with Crippen LogP contribution in [0, 0.1) is 0 Å². The van der Waals surface area contributed by atoms with Gasteiger partial charge in [-0.2, -0.15) is 0 Å². The van der Waals surface area contributed by atoms with Crippen molar-refractivity contribution in [1.82, 2.24) is 4.90 Å². The molecule has 2 rings (SSSR count). The monoisotopic (exact) mass is 237 g/mol. The Bertz CT molecular complexity index is 349. The third-order valence-corrected chi connectivity index (χ3v) is 3.97. The van der Waals surface area contributed by atoms with Crippen molar-refractivity contribution in [3.8, 4) is 0 Å². The predicted molar refractivity (Wildman–Crippen MR) is 66.6 cm³/mol. The molecule has 0 aromatic heterocycles. The molecule has 94 valence electrons. The largest absolute Gasteiger partial charge is 0.467 e. The van der Waals surface area contributed by atoms with E-state index in [1.54, 1.807) is 18.0 Å². The van der Waals surface area contributed by atoms with E-state index in [0.717, 1.165) is 0 Å². The van der Waals surface area contributed by atoms with E-state index in [0.29, 0.717) is 6.54 Å². The number of rotatable bonds is 1. The standard InChI is InChI=1S/C12H20BNO3/c1-11(2)12(3,4)17-13(16-11)9-6-7-10(15)14(5)8-9/h6-7,9H,8H2,1-5H3. The zero-order valence-corrected chi connectivity index (χ0v) is 11.2. The zero-order valence-electron chi connectivity index (χ0n) is 11.2. The number of carbonyl (C=O) groups is 1. The van der Waals surface area contributed by atoms with Gasteiger partial charge in [0.2, 0.25) is 5.91 Å². The Kier molecular flexibility index (Phi) is 2.87. The van der Waals surface area contributed by atoms with E-state index in [4.69, 9.17) is 9.31 Å². The second-order valence-corrected chi connectivity index (χ2v) is 5.87. The van der Waals surface area contributed by atoms with Gasteiger partial charge in [0.25, 0.3) is 0 Å². The predicted octanol–water partition coefficient (Wildman–Crippen LogP) is 1.48. The maximum atomic E-state index is 11.4. The molecule has 17 heavy (non-hydrogen) atoms. The van der Waals surface area contributed by atoms with Crippen molar-refractivity contribution in [3.63, 3.8) is 0 Å². The van der Waals surface area contributed by atoms with Gasteiger partial charge in [-0.25, -0.2) is 0 Å². The van der Waals surface area contributed by atoms with Crippen LogP contribution in [0.1, 0.15) is 27.7 Å². The third kappa shape index (κ3) is 2.14. The third-order valence-electron chi connectivity index (χ3n) is 3.97. The van der Waals surface area contributed by atoms with E-state index in [1.165, 1.54) is 0 Å². The van der Waals surface area contributed by atoms with Crippen molar-refractivity contribution in [2.45, 2.75) is 44.7 Å². The van der Waals surface area contributed by atoms with Crippen molar-refractivity contribution < 1.29 is 14.1 Å². The molecule has 0 aromatic rings. The van der Waals surface area contributed by atoms with E-state index in [1.807, 2.05) is 33.8 Å². The van der Waals surface area contributed by atoms with Gasteiger partial charge in [-0.15, -0.1) is 0 Å². The van der Waals surface area contributed by atoms with Gasteiger partial charge in [0.1, 0.15) is 0 Å². The molecule has 0 spiro atoms. The van der Waals surface area contributed by atoms with Crippen LogP contribution in [-0.4, -0.2) is 42.7 Å². The van der Waals surface area contributed by atoms with E-state index in [9.17, 15) is 4.79 Å². The molecule has 4 nitrogen and oxygen atoms in total. The molecule has 0 radical (unpaired) electrons. The second kappa shape index (κ2) is 3.85. The van der Waals surface area contributed by atoms with Gasteiger partial charge in [0.05, 0.1) is 11.2 Å². The maximum Gasteiger partial charge on any atom is 0.467 e. The first-order chi connectivity index (χ1) is 7.73. The van der Waals surface area contributed by atoms with Crippen LogP contribution in [0.25, 0.3) is 0 Å². The molecule has 1 atom stereocenters.